The molecule has 1 N–H and O–H groups in total. The summed E-state index contributed by atoms with van der Waals surface area (Å²) >= 11 is 0. The summed E-state index contributed by atoms with van der Waals surface area (Å²) in [7, 11) is -1.88. The van der Waals surface area contributed by atoms with Gasteiger partial charge in [0.1, 0.15) is 12.1 Å². The van der Waals surface area contributed by atoms with Crippen LogP contribution in [-0.4, -0.2) is 45.4 Å². The summed E-state index contributed by atoms with van der Waals surface area (Å²) in [6.45, 7) is 6.11. The maximum atomic E-state index is 12.5. The zero-order valence-corrected chi connectivity index (χ0v) is 16.0. The second-order valence-corrected chi connectivity index (χ2v) is 8.36. The summed E-state index contributed by atoms with van der Waals surface area (Å²) in [5.41, 5.74) is 1.80. The van der Waals surface area contributed by atoms with Crippen molar-refractivity contribution < 1.29 is 8.42 Å². The van der Waals surface area contributed by atoms with Gasteiger partial charge in [0.2, 0.25) is 10.0 Å². The monoisotopic (exact) mass is 374 g/mol. The number of fused-ring (bicyclic) bond motifs is 1. The fourth-order valence-corrected chi connectivity index (χ4v) is 3.84. The second-order valence-electron chi connectivity index (χ2n) is 6.37. The largest absolute Gasteiger partial charge is 0.366 e. The molecule has 0 aliphatic heterocycles. The van der Waals surface area contributed by atoms with Crippen molar-refractivity contribution in [1.29, 1.82) is 0 Å². The number of sulfonamides is 1. The van der Waals surface area contributed by atoms with Crippen LogP contribution < -0.4 is 5.32 Å². The van der Waals surface area contributed by atoms with Gasteiger partial charge in [-0.2, -0.15) is 18.9 Å². The van der Waals surface area contributed by atoms with Gasteiger partial charge in [-0.15, -0.1) is 0 Å². The van der Waals surface area contributed by atoms with Gasteiger partial charge in [-0.05, 0) is 38.5 Å². The minimum Gasteiger partial charge on any atom is -0.366 e. The number of nitrogens with one attached hydrogen (secondary N) is 1. The Morgan fingerprint density at radius 1 is 1.23 bits per heavy atom. The Hall–Kier alpha value is -2.52. The van der Waals surface area contributed by atoms with E-state index < -0.39 is 10.0 Å². The molecule has 0 unspecified atom stereocenters. The van der Waals surface area contributed by atoms with Crippen LogP contribution in [0.15, 0.2) is 41.6 Å². The Morgan fingerprint density at radius 2 is 1.92 bits per heavy atom. The molecule has 8 nitrogen and oxygen atoms in total. The van der Waals surface area contributed by atoms with Crippen molar-refractivity contribution in [3.63, 3.8) is 0 Å². The predicted molar refractivity (Wildman–Crippen MR) is 99.4 cm³/mol. The second kappa shape index (κ2) is 7.00. The molecule has 0 amide bonds. The average Bonchev–Trinajstić information content (AvgIpc) is 3.07. The van der Waals surface area contributed by atoms with Crippen LogP contribution in [0.3, 0.4) is 0 Å². The molecule has 0 aliphatic rings. The molecular weight excluding hydrogens is 352 g/mol. The normalized spacial score (nSPS) is 12.2. The topological polar surface area (TPSA) is 92.5 Å². The minimum atomic E-state index is -3.47. The van der Waals surface area contributed by atoms with Crippen LogP contribution in [0.4, 0.5) is 5.82 Å². The van der Waals surface area contributed by atoms with E-state index in [-0.39, 0.29) is 10.9 Å². The van der Waals surface area contributed by atoms with Gasteiger partial charge >= 0.3 is 0 Å². The number of hydrogen-bond donors (Lipinski definition) is 1. The molecule has 2 heterocycles. The van der Waals surface area contributed by atoms with Crippen molar-refractivity contribution in [3.05, 3.63) is 47.9 Å². The first-order valence-electron chi connectivity index (χ1n) is 8.27. The smallest absolute Gasteiger partial charge is 0.254 e. The maximum Gasteiger partial charge on any atom is 0.254 e. The standard InChI is InChI=1S/C17H22N6O2S/c1-12(2)22(4)26(24,25)15-7-5-14(6-8-15)10-18-16-9-13(3)21-17-19-11-20-23(16)17/h5-9,11-12,18H,10H2,1-4H3. The number of benzene rings is 1. The summed E-state index contributed by atoms with van der Waals surface area (Å²) in [6.07, 6.45) is 1.46. The SMILES string of the molecule is Cc1cc(NCc2ccc(S(=O)(=O)N(C)C(C)C)cc2)n2ncnc2n1. The molecule has 3 aromatic rings. The molecule has 26 heavy (non-hydrogen) atoms. The summed E-state index contributed by atoms with van der Waals surface area (Å²) in [5.74, 6) is 1.31. The van der Waals surface area contributed by atoms with Crippen LogP contribution in [0.1, 0.15) is 25.1 Å². The van der Waals surface area contributed by atoms with Crippen LogP contribution >= 0.6 is 0 Å². The predicted octanol–water partition coefficient (Wildman–Crippen LogP) is 2.07. The van der Waals surface area contributed by atoms with E-state index >= 15 is 0 Å². The molecule has 2 aromatic heterocycles. The maximum absolute atomic E-state index is 12.5. The summed E-state index contributed by atoms with van der Waals surface area (Å²) in [6, 6.07) is 8.67. The van der Waals surface area contributed by atoms with Crippen molar-refractivity contribution in [2.75, 3.05) is 12.4 Å². The molecule has 0 fully saturated rings. The van der Waals surface area contributed by atoms with Crippen molar-refractivity contribution in [3.8, 4) is 0 Å². The molecule has 0 radical (unpaired) electrons. The van der Waals surface area contributed by atoms with Gasteiger partial charge in [0.25, 0.3) is 5.78 Å². The summed E-state index contributed by atoms with van der Waals surface area (Å²) < 4.78 is 28.0. The van der Waals surface area contributed by atoms with E-state index in [1.807, 2.05) is 26.8 Å². The molecule has 9 heteroatoms. The number of aromatic nitrogens is 4. The quantitative estimate of drug-likeness (QED) is 0.710. The van der Waals surface area contributed by atoms with Gasteiger partial charge in [-0.25, -0.2) is 13.4 Å². The number of nitrogens with zero attached hydrogens (tertiary/aromatic N) is 5. The molecule has 0 spiro atoms. The van der Waals surface area contributed by atoms with Crippen molar-refractivity contribution in [1.82, 2.24) is 23.9 Å². The zero-order chi connectivity index (χ0) is 18.9. The van der Waals surface area contributed by atoms with Crippen LogP contribution in [0.5, 0.6) is 0 Å². The lowest BCUT2D eigenvalue weighted by molar-refractivity contribution is 0.410. The van der Waals surface area contributed by atoms with Gasteiger partial charge in [-0.1, -0.05) is 12.1 Å². The lowest BCUT2D eigenvalue weighted by Crippen LogP contribution is -2.33. The molecule has 0 atom stereocenters. The van der Waals surface area contributed by atoms with Crippen molar-refractivity contribution in [2.45, 2.75) is 38.3 Å². The van der Waals surface area contributed by atoms with Gasteiger partial charge < -0.3 is 5.32 Å². The minimum absolute atomic E-state index is 0.0960. The molecule has 0 aliphatic carbocycles. The zero-order valence-electron chi connectivity index (χ0n) is 15.2. The Labute approximate surface area is 152 Å². The summed E-state index contributed by atoms with van der Waals surface area (Å²) in [5, 5.41) is 7.44. The fraction of sp³-hybridized carbons (Fsp3) is 0.353. The fourth-order valence-electron chi connectivity index (χ4n) is 2.47. The van der Waals surface area contributed by atoms with Crippen molar-refractivity contribution in [2.24, 2.45) is 0 Å². The third-order valence-corrected chi connectivity index (χ3v) is 6.23. The molecular formula is C17H22N6O2S. The van der Waals surface area contributed by atoms with Gasteiger partial charge in [0, 0.05) is 31.4 Å². The number of aryl methyl sites for hydroxylation is 1. The third kappa shape index (κ3) is 3.54. The number of rotatable bonds is 6. The van der Waals surface area contributed by atoms with Crippen LogP contribution in [-0.2, 0) is 16.6 Å². The van der Waals surface area contributed by atoms with E-state index in [1.54, 1.807) is 35.8 Å². The van der Waals surface area contributed by atoms with Crippen LogP contribution in [0, 0.1) is 6.92 Å². The van der Waals surface area contributed by atoms with Gasteiger partial charge in [0.15, 0.2) is 0 Å². The molecule has 138 valence electrons. The highest BCUT2D eigenvalue weighted by Gasteiger charge is 2.22. The highest BCUT2D eigenvalue weighted by molar-refractivity contribution is 7.89. The Morgan fingerprint density at radius 3 is 2.58 bits per heavy atom. The summed E-state index contributed by atoms with van der Waals surface area (Å²) in [4.78, 5) is 8.68. The molecule has 1 aromatic carbocycles. The molecule has 0 saturated heterocycles. The third-order valence-electron chi connectivity index (χ3n) is 4.18. The lowest BCUT2D eigenvalue weighted by Gasteiger charge is -2.21. The molecule has 0 saturated carbocycles. The van der Waals surface area contributed by atoms with Crippen molar-refractivity contribution >= 4 is 21.6 Å². The molecule has 0 bridgehead atoms. The number of anilines is 1. The van der Waals surface area contributed by atoms with Crippen LogP contribution in [0.2, 0.25) is 0 Å². The highest BCUT2D eigenvalue weighted by atomic mass is 32.2. The Kier molecular flexibility index (Phi) is 4.92. The first kappa shape index (κ1) is 18.3. The number of hydrogen-bond acceptors (Lipinski definition) is 6. The van der Waals surface area contributed by atoms with E-state index in [0.717, 1.165) is 17.1 Å². The van der Waals surface area contributed by atoms with E-state index in [9.17, 15) is 8.42 Å². The first-order chi connectivity index (χ1) is 12.3. The van der Waals surface area contributed by atoms with E-state index in [4.69, 9.17) is 0 Å². The van der Waals surface area contributed by atoms with E-state index in [1.165, 1.54) is 10.6 Å². The van der Waals surface area contributed by atoms with Crippen LogP contribution in [0.25, 0.3) is 5.78 Å². The molecule has 3 rings (SSSR count). The Balaban J connectivity index is 1.77. The van der Waals surface area contributed by atoms with E-state index in [0.29, 0.717) is 12.3 Å². The highest BCUT2D eigenvalue weighted by Crippen LogP contribution is 2.18. The van der Waals surface area contributed by atoms with E-state index in [2.05, 4.69) is 20.4 Å². The average molecular weight is 374 g/mol. The van der Waals surface area contributed by atoms with Gasteiger partial charge in [-0.3, -0.25) is 0 Å². The Bertz CT molecular complexity index is 1010. The van der Waals surface area contributed by atoms with Gasteiger partial charge in [0.05, 0.1) is 4.90 Å². The first-order valence-corrected chi connectivity index (χ1v) is 9.71. The lowest BCUT2D eigenvalue weighted by atomic mass is 10.2.